The molecule has 194 valence electrons. The van der Waals surface area contributed by atoms with Gasteiger partial charge in [0, 0.05) is 18.0 Å². The maximum Gasteiger partial charge on any atom is 0.508 e. The number of benzene rings is 2. The number of rotatable bonds is 9. The molecule has 4 rings (SSSR count). The number of hydrogen-bond acceptors (Lipinski definition) is 8. The van der Waals surface area contributed by atoms with Crippen molar-refractivity contribution in [3.05, 3.63) is 105 Å². The summed E-state index contributed by atoms with van der Waals surface area (Å²) in [6.45, 7) is 8.71. The molecule has 0 amide bonds. The van der Waals surface area contributed by atoms with E-state index in [4.69, 9.17) is 16.0 Å². The second kappa shape index (κ2) is 11.8. The predicted molar refractivity (Wildman–Crippen MR) is 133 cm³/mol. The van der Waals surface area contributed by atoms with Gasteiger partial charge in [-0.1, -0.05) is 30.3 Å². The van der Waals surface area contributed by atoms with E-state index < -0.39 is 23.6 Å². The van der Waals surface area contributed by atoms with Gasteiger partial charge in [0.05, 0.1) is 19.6 Å². The maximum absolute atomic E-state index is 15.8. The molecule has 4 aromatic rings. The van der Waals surface area contributed by atoms with Crippen LogP contribution < -0.4 is 10.4 Å². The number of nitrogens with zero attached hydrogens (tertiary/aromatic N) is 5. The zero-order chi connectivity index (χ0) is 27.1. The van der Waals surface area contributed by atoms with Gasteiger partial charge in [0.1, 0.15) is 19.0 Å². The number of nitrogens with one attached hydrogen (secondary N) is 1. The van der Waals surface area contributed by atoms with Gasteiger partial charge in [0.15, 0.2) is 17.3 Å². The number of halogens is 1. The molecule has 1 atom stereocenters. The Morgan fingerprint density at radius 3 is 2.61 bits per heavy atom. The fourth-order valence-corrected chi connectivity index (χ4v) is 3.79. The molecule has 2 aromatic carbocycles. The number of ether oxygens (including phenoxy) is 3. The number of aromatic amines is 1. The van der Waals surface area contributed by atoms with Crippen LogP contribution in [0.2, 0.25) is 0 Å². The maximum atomic E-state index is 15.8. The molecule has 0 saturated carbocycles. The van der Waals surface area contributed by atoms with Gasteiger partial charge < -0.3 is 14.2 Å². The summed E-state index contributed by atoms with van der Waals surface area (Å²) in [7, 11) is 1.18. The van der Waals surface area contributed by atoms with Crippen molar-refractivity contribution in [2.24, 2.45) is 0 Å². The molecular weight excluding hydrogens is 495 g/mol. The highest BCUT2D eigenvalue weighted by Gasteiger charge is 2.26. The minimum atomic E-state index is -0.870. The van der Waals surface area contributed by atoms with Crippen LogP contribution in [0.4, 0.5) is 14.9 Å². The Balaban J connectivity index is 1.72. The first-order valence-corrected chi connectivity index (χ1v) is 11.5. The van der Waals surface area contributed by atoms with Crippen molar-refractivity contribution in [1.82, 2.24) is 24.7 Å². The fourth-order valence-electron chi connectivity index (χ4n) is 3.79. The molecule has 2 heterocycles. The van der Waals surface area contributed by atoms with E-state index >= 15 is 4.39 Å². The van der Waals surface area contributed by atoms with Crippen molar-refractivity contribution < 1.29 is 23.4 Å². The topological polar surface area (TPSA) is 126 Å². The highest BCUT2D eigenvalue weighted by Crippen LogP contribution is 2.34. The van der Waals surface area contributed by atoms with Gasteiger partial charge in [-0.2, -0.15) is 0 Å². The van der Waals surface area contributed by atoms with Gasteiger partial charge in [-0.25, -0.2) is 28.8 Å². The number of H-pyrrole nitrogens is 1. The number of methoxy groups -OCH3 is 1. The summed E-state index contributed by atoms with van der Waals surface area (Å²) in [5.74, 6) is -1.17. The smallest absolute Gasteiger partial charge is 0.487 e. The third-order valence-corrected chi connectivity index (χ3v) is 5.53. The first-order chi connectivity index (χ1) is 18.4. The van der Waals surface area contributed by atoms with Gasteiger partial charge in [-0.15, -0.1) is 9.78 Å². The zero-order valence-corrected chi connectivity index (χ0v) is 20.6. The molecule has 0 saturated heterocycles. The van der Waals surface area contributed by atoms with Crippen molar-refractivity contribution in [3.8, 4) is 11.7 Å². The molecule has 0 aliphatic heterocycles. The lowest BCUT2D eigenvalue weighted by Gasteiger charge is -2.19. The van der Waals surface area contributed by atoms with Crippen LogP contribution in [0.1, 0.15) is 28.4 Å². The van der Waals surface area contributed by atoms with E-state index in [-0.39, 0.29) is 42.7 Å². The average Bonchev–Trinajstić information content (AvgIpc) is 3.33. The third-order valence-electron chi connectivity index (χ3n) is 5.53. The van der Waals surface area contributed by atoms with Crippen LogP contribution in [0.3, 0.4) is 0 Å². The minimum absolute atomic E-state index is 0.0463. The molecule has 0 aliphatic rings. The van der Waals surface area contributed by atoms with Crippen molar-refractivity contribution >= 4 is 11.8 Å². The minimum Gasteiger partial charge on any atom is -0.487 e. The van der Waals surface area contributed by atoms with Gasteiger partial charge >= 0.3 is 11.8 Å². The Labute approximate surface area is 216 Å². The van der Waals surface area contributed by atoms with Crippen LogP contribution in [-0.2, 0) is 15.9 Å². The van der Waals surface area contributed by atoms with Gasteiger partial charge in [-0.3, -0.25) is 4.98 Å². The summed E-state index contributed by atoms with van der Waals surface area (Å²) in [5.41, 5.74) is 1.62. The van der Waals surface area contributed by atoms with Crippen LogP contribution >= 0.6 is 0 Å². The Morgan fingerprint density at radius 2 is 1.92 bits per heavy atom. The van der Waals surface area contributed by atoms with E-state index in [1.54, 1.807) is 43.3 Å². The van der Waals surface area contributed by atoms with E-state index in [0.717, 1.165) is 10.2 Å². The molecule has 1 N–H and O–H groups in total. The molecule has 0 aliphatic carbocycles. The monoisotopic (exact) mass is 518 g/mol. The Kier molecular flexibility index (Phi) is 8.07. The van der Waals surface area contributed by atoms with Crippen molar-refractivity contribution in [1.29, 1.82) is 0 Å². The number of hydrogen-bond donors (Lipinski definition) is 1. The van der Waals surface area contributed by atoms with Crippen LogP contribution in [0, 0.1) is 19.3 Å². The van der Waals surface area contributed by atoms with E-state index in [0.29, 0.717) is 11.3 Å². The lowest BCUT2D eigenvalue weighted by Crippen LogP contribution is -2.18. The summed E-state index contributed by atoms with van der Waals surface area (Å²) in [4.78, 5) is 38.1. The molecule has 0 radical (unpaired) electrons. The largest absolute Gasteiger partial charge is 0.508 e. The fraction of sp³-hybridized carbons (Fsp3) is 0.231. The molecular formula is C26H23FN6O5. The van der Waals surface area contributed by atoms with Gasteiger partial charge in [0.25, 0.3) is 5.95 Å². The molecule has 12 heteroatoms. The van der Waals surface area contributed by atoms with Crippen molar-refractivity contribution in [2.45, 2.75) is 19.3 Å². The lowest BCUT2D eigenvalue weighted by molar-refractivity contribution is 0.0612. The summed E-state index contributed by atoms with van der Waals surface area (Å²) in [6, 6.07) is 11.7. The first-order valence-electron chi connectivity index (χ1n) is 11.5. The predicted octanol–water partition coefficient (Wildman–Crippen LogP) is 3.89. The second-order valence-electron chi connectivity index (χ2n) is 8.13. The Hall–Kier alpha value is -5.05. The van der Waals surface area contributed by atoms with Crippen LogP contribution in [-0.4, -0.2) is 51.2 Å². The van der Waals surface area contributed by atoms with Crippen molar-refractivity contribution in [2.75, 3.05) is 20.3 Å². The quantitative estimate of drug-likeness (QED) is 0.201. The highest BCUT2D eigenvalue weighted by atomic mass is 19.1. The van der Waals surface area contributed by atoms with Crippen LogP contribution in [0.25, 0.3) is 10.8 Å². The number of carbonyl (C=O) groups excluding carboxylic acids is 1. The molecule has 0 fully saturated rings. The standard InChI is InChI=1S/C26H23FN6O5/c1-16-13-19(22(27)21(14-16)37-11-12-38-26(35)36-3)20(15-17-5-7-18(28-2)8-6-17)23-31-25(34)33(32-23)24-29-9-4-10-30-24/h4-10,13-14,20H,11-12,15H2,1,3H3,(H,31,32,34). The SMILES string of the molecule is [C-]#[N+]c1ccc(CC(c2nn(-c3ncccn3)c(=O)[nH]2)c2cc(C)cc(OCCOC(=O)OC)c2F)cc1. The van der Waals surface area contributed by atoms with Crippen LogP contribution in [0.5, 0.6) is 5.75 Å². The Morgan fingerprint density at radius 1 is 1.18 bits per heavy atom. The molecule has 1 unspecified atom stereocenters. The number of carbonyl (C=O) groups is 1. The number of aryl methyl sites for hydroxylation is 1. The van der Waals surface area contributed by atoms with Gasteiger partial charge in [0.2, 0.25) is 0 Å². The molecule has 2 aromatic heterocycles. The first kappa shape index (κ1) is 26.0. The van der Waals surface area contributed by atoms with Gasteiger partial charge in [-0.05, 0) is 36.6 Å². The van der Waals surface area contributed by atoms with E-state index in [1.807, 2.05) is 0 Å². The second-order valence-corrected chi connectivity index (χ2v) is 8.13. The summed E-state index contributed by atoms with van der Waals surface area (Å²) < 4.78 is 31.6. The van der Waals surface area contributed by atoms with E-state index in [9.17, 15) is 9.59 Å². The van der Waals surface area contributed by atoms with Crippen molar-refractivity contribution in [3.63, 3.8) is 0 Å². The molecule has 11 nitrogen and oxygen atoms in total. The summed E-state index contributed by atoms with van der Waals surface area (Å²) in [5, 5.41) is 4.39. The van der Waals surface area contributed by atoms with E-state index in [2.05, 4.69) is 29.6 Å². The highest BCUT2D eigenvalue weighted by molar-refractivity contribution is 5.59. The average molecular weight is 519 g/mol. The summed E-state index contributed by atoms with van der Waals surface area (Å²) >= 11 is 0. The molecule has 0 bridgehead atoms. The van der Waals surface area contributed by atoms with Crippen LogP contribution in [0.15, 0.2) is 59.7 Å². The lowest BCUT2D eigenvalue weighted by atomic mass is 9.89. The normalized spacial score (nSPS) is 11.4. The molecule has 38 heavy (non-hydrogen) atoms. The zero-order valence-electron chi connectivity index (χ0n) is 20.6. The Bertz CT molecular complexity index is 1510. The number of aromatic nitrogens is 5. The van der Waals surface area contributed by atoms with E-state index in [1.165, 1.54) is 25.6 Å². The molecule has 0 spiro atoms. The summed E-state index contributed by atoms with van der Waals surface area (Å²) in [6.07, 6.45) is 2.34. The third kappa shape index (κ3) is 6.01.